The van der Waals surface area contributed by atoms with E-state index < -0.39 is 20.0 Å². The zero-order valence-electron chi connectivity index (χ0n) is 45.3. The summed E-state index contributed by atoms with van der Waals surface area (Å²) in [6.07, 6.45) is 58.1. The van der Waals surface area contributed by atoms with E-state index in [1.54, 1.807) is 0 Å². The Labute approximate surface area is 420 Å². The monoisotopic (exact) mass is 978 g/mol. The Morgan fingerprint density at radius 3 is 1.41 bits per heavy atom. The second kappa shape index (κ2) is 48.6. The fourth-order valence-corrected chi connectivity index (χ4v) is 8.83. The van der Waals surface area contributed by atoms with Gasteiger partial charge in [0.05, 0.1) is 33.8 Å². The standard InChI is InChI=1S/C58H109N2O7P/c1-7-10-13-16-19-22-25-28-30-31-32-35-38-41-44-47-50-57(61)59-55(54-66-68(63,64)65-53-52-60(4,5)6)56(49-46-43-40-37-34-27-24-21-18-15-12-9-3)67-58(62)51-48-45-42-39-36-33-29-26-23-20-17-14-11-8-2/h11,14,20,23,30-31,46,49,55-56H,7-10,12-13,15-19,21-22,24-29,32-45,47-48,50-54H2,1-6H3,(H-,59,61,63,64)/p+1/b14-11+,23-20+,31-30+,49-46+. The fraction of sp³-hybridized carbons (Fsp3) is 0.828. The van der Waals surface area contributed by atoms with Gasteiger partial charge in [-0.2, -0.15) is 0 Å². The summed E-state index contributed by atoms with van der Waals surface area (Å²) in [5, 5.41) is 3.04. The average molecular weight is 978 g/mol. The number of allylic oxidation sites excluding steroid dienone is 7. The number of phosphoric ester groups is 1. The molecule has 0 aliphatic carbocycles. The smallest absolute Gasteiger partial charge is 0.456 e. The van der Waals surface area contributed by atoms with Crippen molar-refractivity contribution in [1.29, 1.82) is 0 Å². The Hall–Kier alpha value is -2.03. The molecule has 0 fully saturated rings. The lowest BCUT2D eigenvalue weighted by Gasteiger charge is -2.27. The summed E-state index contributed by atoms with van der Waals surface area (Å²) in [6, 6.07) is -0.853. The molecule has 2 N–H and O–H groups in total. The highest BCUT2D eigenvalue weighted by Crippen LogP contribution is 2.43. The first-order valence-electron chi connectivity index (χ1n) is 28.5. The Kier molecular flexibility index (Phi) is 47.1. The van der Waals surface area contributed by atoms with Gasteiger partial charge in [-0.25, -0.2) is 4.57 Å². The molecule has 0 rings (SSSR count). The second-order valence-corrected chi connectivity index (χ2v) is 21.9. The molecule has 68 heavy (non-hydrogen) atoms. The number of quaternary nitrogens is 1. The van der Waals surface area contributed by atoms with Crippen molar-refractivity contribution in [3.05, 3.63) is 48.6 Å². The van der Waals surface area contributed by atoms with Crippen molar-refractivity contribution in [2.45, 2.75) is 270 Å². The molecule has 0 aromatic carbocycles. The maximum atomic E-state index is 13.5. The van der Waals surface area contributed by atoms with Crippen LogP contribution >= 0.6 is 7.82 Å². The predicted octanol–water partition coefficient (Wildman–Crippen LogP) is 16.9. The van der Waals surface area contributed by atoms with Gasteiger partial charge in [0.2, 0.25) is 5.91 Å². The van der Waals surface area contributed by atoms with Gasteiger partial charge in [0, 0.05) is 12.8 Å². The van der Waals surface area contributed by atoms with Crippen LogP contribution in [-0.4, -0.2) is 74.3 Å². The van der Waals surface area contributed by atoms with E-state index in [2.05, 4.69) is 62.5 Å². The van der Waals surface area contributed by atoms with Crippen LogP contribution in [0.4, 0.5) is 0 Å². The first-order chi connectivity index (χ1) is 32.9. The minimum Gasteiger partial charge on any atom is -0.456 e. The number of amides is 1. The molecule has 0 spiro atoms. The summed E-state index contributed by atoms with van der Waals surface area (Å²) < 4.78 is 30.6. The maximum Gasteiger partial charge on any atom is 0.472 e. The lowest BCUT2D eigenvalue weighted by atomic mass is 10.0. The zero-order chi connectivity index (χ0) is 50.1. The molecule has 10 heteroatoms. The molecule has 0 bridgehead atoms. The number of phosphoric acid groups is 1. The number of carbonyl (C=O) groups excluding carboxylic acids is 2. The minimum absolute atomic E-state index is 0.0373. The Morgan fingerprint density at radius 2 is 0.941 bits per heavy atom. The summed E-state index contributed by atoms with van der Waals surface area (Å²) in [5.41, 5.74) is 0. The highest BCUT2D eigenvalue weighted by Gasteiger charge is 2.30. The van der Waals surface area contributed by atoms with Crippen LogP contribution in [-0.2, 0) is 27.9 Å². The molecule has 398 valence electrons. The number of hydrogen-bond donors (Lipinski definition) is 2. The lowest BCUT2D eigenvalue weighted by Crippen LogP contribution is -2.47. The minimum atomic E-state index is -4.44. The van der Waals surface area contributed by atoms with Crippen LogP contribution < -0.4 is 5.32 Å². The summed E-state index contributed by atoms with van der Waals surface area (Å²) in [5.74, 6) is -0.521. The van der Waals surface area contributed by atoms with Gasteiger partial charge in [0.1, 0.15) is 19.3 Å². The largest absolute Gasteiger partial charge is 0.472 e. The number of rotatable bonds is 51. The average Bonchev–Trinajstić information content (AvgIpc) is 3.29. The molecule has 0 aromatic heterocycles. The van der Waals surface area contributed by atoms with Crippen LogP contribution in [0.15, 0.2) is 48.6 Å². The number of carbonyl (C=O) groups is 2. The first-order valence-corrected chi connectivity index (χ1v) is 30.0. The number of nitrogens with zero attached hydrogens (tertiary/aromatic N) is 1. The molecule has 0 radical (unpaired) electrons. The first kappa shape index (κ1) is 66.0. The van der Waals surface area contributed by atoms with Crippen LogP contribution in [0.3, 0.4) is 0 Å². The Bertz CT molecular complexity index is 1310. The molecular formula is C58H110N2O7P+. The van der Waals surface area contributed by atoms with Crippen molar-refractivity contribution in [3.63, 3.8) is 0 Å². The van der Waals surface area contributed by atoms with E-state index in [-0.39, 0.29) is 31.5 Å². The van der Waals surface area contributed by atoms with E-state index >= 15 is 0 Å². The topological polar surface area (TPSA) is 111 Å². The third kappa shape index (κ3) is 49.0. The van der Waals surface area contributed by atoms with Crippen molar-refractivity contribution in [2.24, 2.45) is 0 Å². The van der Waals surface area contributed by atoms with Gasteiger partial charge in [0.25, 0.3) is 0 Å². The summed E-state index contributed by atoms with van der Waals surface area (Å²) in [6.45, 7) is 6.90. The van der Waals surface area contributed by atoms with Gasteiger partial charge in [0.15, 0.2) is 0 Å². The van der Waals surface area contributed by atoms with E-state index in [9.17, 15) is 19.0 Å². The van der Waals surface area contributed by atoms with Crippen LogP contribution in [0.25, 0.3) is 0 Å². The molecule has 3 unspecified atom stereocenters. The molecule has 0 aliphatic heterocycles. The van der Waals surface area contributed by atoms with Crippen molar-refractivity contribution in [3.8, 4) is 0 Å². The lowest BCUT2D eigenvalue weighted by molar-refractivity contribution is -0.870. The summed E-state index contributed by atoms with van der Waals surface area (Å²) in [7, 11) is 1.49. The number of esters is 1. The van der Waals surface area contributed by atoms with Crippen molar-refractivity contribution in [2.75, 3.05) is 40.9 Å². The quantitative estimate of drug-likeness (QED) is 0.0205. The molecule has 0 aromatic rings. The highest BCUT2D eigenvalue weighted by molar-refractivity contribution is 7.47. The van der Waals surface area contributed by atoms with Gasteiger partial charge in [-0.3, -0.25) is 18.6 Å². The maximum absolute atomic E-state index is 13.5. The molecule has 0 saturated heterocycles. The van der Waals surface area contributed by atoms with E-state index in [0.717, 1.165) is 103 Å². The second-order valence-electron chi connectivity index (χ2n) is 20.4. The van der Waals surface area contributed by atoms with Gasteiger partial charge < -0.3 is 19.4 Å². The predicted molar refractivity (Wildman–Crippen MR) is 291 cm³/mol. The molecular weight excluding hydrogens is 868 g/mol. The summed E-state index contributed by atoms with van der Waals surface area (Å²) in [4.78, 5) is 37.5. The molecule has 0 saturated carbocycles. The van der Waals surface area contributed by atoms with E-state index in [1.165, 1.54) is 122 Å². The highest BCUT2D eigenvalue weighted by atomic mass is 31.2. The SMILES string of the molecule is CC/C=C/C/C=C/CCCCCCCCCC(=O)OC(/C=C/CCCCCCCCCCCC)C(COP(=O)(O)OCC[N+](C)(C)C)NC(=O)CCCCCCC/C=C/CCCCCCCCC. The van der Waals surface area contributed by atoms with Crippen LogP contribution in [0.2, 0.25) is 0 Å². The number of unbranched alkanes of at least 4 members (excludes halogenated alkanes) is 29. The normalized spacial score (nSPS) is 14.2. The Balaban J connectivity index is 5.37. The zero-order valence-corrected chi connectivity index (χ0v) is 46.2. The third-order valence-electron chi connectivity index (χ3n) is 12.5. The Morgan fingerprint density at radius 1 is 0.529 bits per heavy atom. The molecule has 0 heterocycles. The number of likely N-dealkylation sites (N-methyl/N-ethyl adjacent to an activating group) is 1. The van der Waals surface area contributed by atoms with Gasteiger partial charge >= 0.3 is 13.8 Å². The van der Waals surface area contributed by atoms with E-state index in [0.29, 0.717) is 17.4 Å². The van der Waals surface area contributed by atoms with Crippen molar-refractivity contribution < 1.29 is 37.3 Å². The molecule has 3 atom stereocenters. The van der Waals surface area contributed by atoms with E-state index in [4.69, 9.17) is 13.8 Å². The van der Waals surface area contributed by atoms with Crippen LogP contribution in [0.5, 0.6) is 0 Å². The van der Waals surface area contributed by atoms with Crippen LogP contribution in [0, 0.1) is 0 Å². The molecule has 1 amide bonds. The van der Waals surface area contributed by atoms with Gasteiger partial charge in [-0.1, -0.05) is 211 Å². The molecule has 9 nitrogen and oxygen atoms in total. The number of nitrogens with one attached hydrogen (secondary N) is 1. The third-order valence-corrected chi connectivity index (χ3v) is 13.5. The molecule has 0 aliphatic rings. The number of ether oxygens (including phenoxy) is 1. The van der Waals surface area contributed by atoms with Crippen molar-refractivity contribution in [1.82, 2.24) is 5.32 Å². The number of hydrogen-bond acceptors (Lipinski definition) is 6. The van der Waals surface area contributed by atoms with Crippen molar-refractivity contribution >= 4 is 19.7 Å². The summed E-state index contributed by atoms with van der Waals surface area (Å²) >= 11 is 0. The van der Waals surface area contributed by atoms with Crippen LogP contribution in [0.1, 0.15) is 258 Å². The van der Waals surface area contributed by atoms with Gasteiger partial charge in [-0.15, -0.1) is 0 Å². The van der Waals surface area contributed by atoms with E-state index in [1.807, 2.05) is 33.3 Å². The van der Waals surface area contributed by atoms with Gasteiger partial charge in [-0.05, 0) is 83.1 Å². The fourth-order valence-electron chi connectivity index (χ4n) is 8.09.